The molecule has 0 saturated heterocycles. The van der Waals surface area contributed by atoms with Crippen LogP contribution < -0.4 is 18.9 Å². The van der Waals surface area contributed by atoms with Crippen molar-refractivity contribution in [2.45, 2.75) is 0 Å². The van der Waals surface area contributed by atoms with E-state index in [4.69, 9.17) is 24.2 Å². The first-order valence-electron chi connectivity index (χ1n) is 7.90. The van der Waals surface area contributed by atoms with Gasteiger partial charge in [-0.25, -0.2) is 0 Å². The molecule has 134 valence electrons. The molecule has 0 aromatic heterocycles. The number of Topliss-reactive ketones (excluding diaryl/α,β-unsaturated/α-hetero) is 1. The van der Waals surface area contributed by atoms with Gasteiger partial charge < -0.3 is 18.9 Å². The molecule has 1 heterocycles. The highest BCUT2D eigenvalue weighted by molar-refractivity contribution is 6.14. The number of benzene rings is 2. The molecule has 0 fully saturated rings. The van der Waals surface area contributed by atoms with Crippen molar-refractivity contribution in [3.05, 3.63) is 53.1 Å². The fourth-order valence-electron chi connectivity index (χ4n) is 2.51. The standard InChI is InChI=1S/C20H14N2O5/c1-24-18-9-13(2-4-16(18)25-7-6-21)8-15(11-22)20(23)14-3-5-17-19(10-14)27-12-26-17/h2-5,8-10H,7,12H2,1H3/b15-8+. The molecule has 1 aliphatic rings. The molecule has 3 rings (SSSR count). The molecular weight excluding hydrogens is 348 g/mol. The van der Waals surface area contributed by atoms with Gasteiger partial charge in [0.1, 0.15) is 17.7 Å². The van der Waals surface area contributed by atoms with Crippen molar-refractivity contribution in [2.75, 3.05) is 20.5 Å². The number of carbonyl (C=O) groups excluding carboxylic acids is 1. The van der Waals surface area contributed by atoms with Crippen molar-refractivity contribution < 1.29 is 23.7 Å². The van der Waals surface area contributed by atoms with Crippen LogP contribution >= 0.6 is 0 Å². The Kier molecular flexibility index (Phi) is 5.25. The minimum Gasteiger partial charge on any atom is -0.493 e. The molecule has 0 spiro atoms. The van der Waals surface area contributed by atoms with E-state index in [9.17, 15) is 10.1 Å². The van der Waals surface area contributed by atoms with Gasteiger partial charge in [-0.15, -0.1) is 0 Å². The summed E-state index contributed by atoms with van der Waals surface area (Å²) in [6.07, 6.45) is 1.46. The Morgan fingerprint density at radius 1 is 1.15 bits per heavy atom. The molecule has 0 saturated carbocycles. The zero-order valence-corrected chi connectivity index (χ0v) is 14.4. The monoisotopic (exact) mass is 362 g/mol. The van der Waals surface area contributed by atoms with E-state index in [0.717, 1.165) is 0 Å². The fraction of sp³-hybridized carbons (Fsp3) is 0.150. The largest absolute Gasteiger partial charge is 0.493 e. The van der Waals surface area contributed by atoms with Gasteiger partial charge in [0.2, 0.25) is 12.6 Å². The summed E-state index contributed by atoms with van der Waals surface area (Å²) in [6, 6.07) is 13.5. The van der Waals surface area contributed by atoms with Crippen molar-refractivity contribution in [1.82, 2.24) is 0 Å². The number of fused-ring (bicyclic) bond motifs is 1. The van der Waals surface area contributed by atoms with Gasteiger partial charge in [0.15, 0.2) is 29.6 Å². The lowest BCUT2D eigenvalue weighted by Crippen LogP contribution is -2.02. The number of methoxy groups -OCH3 is 1. The summed E-state index contributed by atoms with van der Waals surface area (Å²) in [5.41, 5.74) is 0.872. The first-order valence-corrected chi connectivity index (χ1v) is 7.90. The number of nitrogens with zero attached hydrogens (tertiary/aromatic N) is 2. The lowest BCUT2D eigenvalue weighted by molar-refractivity contribution is 0.103. The van der Waals surface area contributed by atoms with Crippen molar-refractivity contribution >= 4 is 11.9 Å². The van der Waals surface area contributed by atoms with Crippen LogP contribution in [-0.2, 0) is 0 Å². The third-order valence-corrected chi connectivity index (χ3v) is 3.79. The number of rotatable bonds is 6. The fourth-order valence-corrected chi connectivity index (χ4v) is 2.51. The summed E-state index contributed by atoms with van der Waals surface area (Å²) in [4.78, 5) is 12.7. The normalized spacial score (nSPS) is 12.0. The number of hydrogen-bond donors (Lipinski definition) is 0. The molecule has 0 amide bonds. The van der Waals surface area contributed by atoms with E-state index in [-0.39, 0.29) is 19.0 Å². The van der Waals surface area contributed by atoms with Gasteiger partial charge in [-0.2, -0.15) is 10.5 Å². The second-order valence-electron chi connectivity index (χ2n) is 5.42. The number of ketones is 1. The van der Waals surface area contributed by atoms with Crippen LogP contribution in [-0.4, -0.2) is 26.3 Å². The number of ether oxygens (including phenoxy) is 4. The van der Waals surface area contributed by atoms with Crippen LogP contribution in [0.15, 0.2) is 42.0 Å². The number of nitriles is 2. The summed E-state index contributed by atoms with van der Waals surface area (Å²) in [5.74, 6) is 1.40. The van der Waals surface area contributed by atoms with Gasteiger partial charge >= 0.3 is 0 Å². The third kappa shape index (κ3) is 3.83. The van der Waals surface area contributed by atoms with Crippen LogP contribution in [0.3, 0.4) is 0 Å². The predicted octanol–water partition coefficient (Wildman–Crippen LogP) is 3.12. The number of allylic oxidation sites excluding steroid dienone is 1. The molecule has 0 aliphatic carbocycles. The summed E-state index contributed by atoms with van der Waals surface area (Å²) in [5, 5.41) is 18.0. The van der Waals surface area contributed by atoms with E-state index in [1.165, 1.54) is 13.2 Å². The van der Waals surface area contributed by atoms with E-state index in [1.807, 2.05) is 12.1 Å². The topological polar surface area (TPSA) is 102 Å². The molecule has 0 atom stereocenters. The molecule has 0 bridgehead atoms. The zero-order chi connectivity index (χ0) is 19.2. The minimum atomic E-state index is -0.431. The molecule has 7 heteroatoms. The Bertz CT molecular complexity index is 998. The average molecular weight is 362 g/mol. The summed E-state index contributed by atoms with van der Waals surface area (Å²) < 4.78 is 21.0. The maximum Gasteiger partial charge on any atom is 0.231 e. The van der Waals surface area contributed by atoms with E-state index < -0.39 is 5.78 Å². The highest BCUT2D eigenvalue weighted by Crippen LogP contribution is 2.33. The Morgan fingerprint density at radius 3 is 2.70 bits per heavy atom. The van der Waals surface area contributed by atoms with Gasteiger partial charge in [-0.3, -0.25) is 4.79 Å². The summed E-state index contributed by atoms with van der Waals surface area (Å²) >= 11 is 0. The number of carbonyl (C=O) groups is 1. The Morgan fingerprint density at radius 2 is 1.96 bits per heavy atom. The van der Waals surface area contributed by atoms with E-state index in [2.05, 4.69) is 0 Å². The number of hydrogen-bond acceptors (Lipinski definition) is 7. The first-order chi connectivity index (χ1) is 13.2. The Labute approximate surface area is 155 Å². The second kappa shape index (κ2) is 7.94. The highest BCUT2D eigenvalue weighted by Gasteiger charge is 2.19. The van der Waals surface area contributed by atoms with Crippen LogP contribution in [0.4, 0.5) is 0 Å². The maximum absolute atomic E-state index is 12.7. The van der Waals surface area contributed by atoms with E-state index in [1.54, 1.807) is 36.4 Å². The lowest BCUT2D eigenvalue weighted by atomic mass is 10.0. The molecule has 0 N–H and O–H groups in total. The van der Waals surface area contributed by atoms with Gasteiger partial charge in [0, 0.05) is 5.56 Å². The van der Waals surface area contributed by atoms with Crippen molar-refractivity contribution in [3.63, 3.8) is 0 Å². The van der Waals surface area contributed by atoms with Crippen LogP contribution in [0.25, 0.3) is 6.08 Å². The Hall–Kier alpha value is -3.97. The molecular formula is C20H14N2O5. The summed E-state index contributed by atoms with van der Waals surface area (Å²) in [6.45, 7) is -0.00840. The maximum atomic E-state index is 12.7. The van der Waals surface area contributed by atoms with Gasteiger partial charge in [0.05, 0.1) is 7.11 Å². The SMILES string of the molecule is COc1cc(/C=C(\C#N)C(=O)c2ccc3c(c2)OCO3)ccc1OCC#N. The summed E-state index contributed by atoms with van der Waals surface area (Å²) in [7, 11) is 1.46. The second-order valence-corrected chi connectivity index (χ2v) is 5.42. The van der Waals surface area contributed by atoms with Crippen LogP contribution in [0, 0.1) is 22.7 Å². The minimum absolute atomic E-state index is 0.0402. The van der Waals surface area contributed by atoms with Crippen molar-refractivity contribution in [1.29, 1.82) is 10.5 Å². The van der Waals surface area contributed by atoms with E-state index in [0.29, 0.717) is 34.1 Å². The highest BCUT2D eigenvalue weighted by atomic mass is 16.7. The zero-order valence-electron chi connectivity index (χ0n) is 14.4. The lowest BCUT2D eigenvalue weighted by Gasteiger charge is -2.09. The van der Waals surface area contributed by atoms with Crippen molar-refractivity contribution in [2.24, 2.45) is 0 Å². The molecule has 2 aromatic carbocycles. The predicted molar refractivity (Wildman–Crippen MR) is 94.6 cm³/mol. The van der Waals surface area contributed by atoms with Crippen LogP contribution in [0.5, 0.6) is 23.0 Å². The third-order valence-electron chi connectivity index (χ3n) is 3.79. The van der Waals surface area contributed by atoms with Gasteiger partial charge in [0.25, 0.3) is 0 Å². The molecule has 27 heavy (non-hydrogen) atoms. The smallest absolute Gasteiger partial charge is 0.231 e. The van der Waals surface area contributed by atoms with Crippen molar-refractivity contribution in [3.8, 4) is 35.1 Å². The van der Waals surface area contributed by atoms with E-state index >= 15 is 0 Å². The molecule has 1 aliphatic heterocycles. The first kappa shape index (κ1) is 17.8. The molecule has 0 unspecified atom stereocenters. The quantitative estimate of drug-likeness (QED) is 0.442. The van der Waals surface area contributed by atoms with Crippen LogP contribution in [0.1, 0.15) is 15.9 Å². The average Bonchev–Trinajstić information content (AvgIpc) is 3.18. The van der Waals surface area contributed by atoms with Gasteiger partial charge in [-0.1, -0.05) is 6.07 Å². The van der Waals surface area contributed by atoms with Crippen LogP contribution in [0.2, 0.25) is 0 Å². The molecule has 0 radical (unpaired) electrons. The van der Waals surface area contributed by atoms with Gasteiger partial charge in [-0.05, 0) is 42.0 Å². The Balaban J connectivity index is 1.89. The molecule has 7 nitrogen and oxygen atoms in total. The molecule has 2 aromatic rings.